The molecule has 3 N–H and O–H groups in total. The van der Waals surface area contributed by atoms with Crippen LogP contribution < -0.4 is 20.7 Å². The Hall–Kier alpha value is -2.71. The number of carbonyl (C=O) groups excluding carboxylic acids is 2. The number of hydrogen-bond acceptors (Lipinski definition) is 4. The van der Waals surface area contributed by atoms with Gasteiger partial charge in [0.15, 0.2) is 5.11 Å². The minimum absolute atomic E-state index is 0.0698. The summed E-state index contributed by atoms with van der Waals surface area (Å²) >= 11 is 8.63. The minimum atomic E-state index is -0.413. The standard InChI is InChI=1S/C21H22BrN3O3S/c1-3-11-23-19(26)15-7-5-6-8-17(15)24-21(29)25-20(27)16-13-14(22)9-10-18(16)28-12-4-2/h3,5-10,13H,1,4,11-12H2,2H3,(H,23,26)(H2,24,25,27,29). The molecule has 0 radical (unpaired) electrons. The predicted molar refractivity (Wildman–Crippen MR) is 123 cm³/mol. The molecule has 0 spiro atoms. The normalized spacial score (nSPS) is 10.0. The van der Waals surface area contributed by atoms with E-state index in [4.69, 9.17) is 17.0 Å². The van der Waals surface area contributed by atoms with E-state index < -0.39 is 5.91 Å². The van der Waals surface area contributed by atoms with Gasteiger partial charge in [0.2, 0.25) is 0 Å². The average molecular weight is 476 g/mol. The van der Waals surface area contributed by atoms with Crippen LogP contribution in [-0.2, 0) is 0 Å². The summed E-state index contributed by atoms with van der Waals surface area (Å²) in [6.07, 6.45) is 2.41. The van der Waals surface area contributed by atoms with Crippen molar-refractivity contribution in [2.75, 3.05) is 18.5 Å². The summed E-state index contributed by atoms with van der Waals surface area (Å²) in [6, 6.07) is 12.1. The van der Waals surface area contributed by atoms with Crippen LogP contribution in [0.1, 0.15) is 34.1 Å². The van der Waals surface area contributed by atoms with Gasteiger partial charge in [-0.15, -0.1) is 6.58 Å². The number of para-hydroxylation sites is 1. The molecule has 0 aromatic heterocycles. The smallest absolute Gasteiger partial charge is 0.261 e. The lowest BCUT2D eigenvalue weighted by molar-refractivity contribution is 0.0955. The summed E-state index contributed by atoms with van der Waals surface area (Å²) in [6.45, 7) is 6.41. The van der Waals surface area contributed by atoms with Crippen LogP contribution in [0.15, 0.2) is 59.6 Å². The molecular weight excluding hydrogens is 454 g/mol. The van der Waals surface area contributed by atoms with E-state index in [0.717, 1.165) is 10.9 Å². The lowest BCUT2D eigenvalue weighted by Gasteiger charge is -2.15. The highest BCUT2D eigenvalue weighted by Gasteiger charge is 2.16. The van der Waals surface area contributed by atoms with E-state index in [2.05, 4.69) is 38.5 Å². The van der Waals surface area contributed by atoms with E-state index in [-0.39, 0.29) is 11.0 Å². The van der Waals surface area contributed by atoms with E-state index in [1.165, 1.54) is 0 Å². The average Bonchev–Trinajstić information content (AvgIpc) is 2.71. The van der Waals surface area contributed by atoms with Crippen LogP contribution in [0.4, 0.5) is 5.69 Å². The monoisotopic (exact) mass is 475 g/mol. The van der Waals surface area contributed by atoms with Gasteiger partial charge in [0.05, 0.1) is 23.4 Å². The number of benzene rings is 2. The minimum Gasteiger partial charge on any atom is -0.493 e. The lowest BCUT2D eigenvalue weighted by Crippen LogP contribution is -2.35. The molecule has 8 heteroatoms. The number of rotatable bonds is 8. The molecule has 0 fully saturated rings. The Morgan fingerprint density at radius 3 is 2.66 bits per heavy atom. The molecule has 152 valence electrons. The van der Waals surface area contributed by atoms with Gasteiger partial charge in [-0.05, 0) is 49.0 Å². The van der Waals surface area contributed by atoms with Crippen LogP contribution in [0.25, 0.3) is 0 Å². The number of hydrogen-bond donors (Lipinski definition) is 3. The lowest BCUT2D eigenvalue weighted by atomic mass is 10.1. The Morgan fingerprint density at radius 2 is 1.93 bits per heavy atom. The largest absolute Gasteiger partial charge is 0.493 e. The zero-order valence-corrected chi connectivity index (χ0v) is 18.4. The fraction of sp³-hybridized carbons (Fsp3) is 0.190. The van der Waals surface area contributed by atoms with Crippen LogP contribution in [-0.4, -0.2) is 30.1 Å². The van der Waals surface area contributed by atoms with Crippen LogP contribution in [0.2, 0.25) is 0 Å². The molecule has 0 heterocycles. The van der Waals surface area contributed by atoms with E-state index in [1.807, 2.05) is 6.92 Å². The molecule has 0 aliphatic heterocycles. The molecule has 0 unspecified atom stereocenters. The third kappa shape index (κ3) is 6.69. The Morgan fingerprint density at radius 1 is 1.17 bits per heavy atom. The highest BCUT2D eigenvalue weighted by molar-refractivity contribution is 9.10. The van der Waals surface area contributed by atoms with Gasteiger partial charge in [0.25, 0.3) is 11.8 Å². The summed E-state index contributed by atoms with van der Waals surface area (Å²) in [5.74, 6) is -0.215. The van der Waals surface area contributed by atoms with E-state index in [9.17, 15) is 9.59 Å². The molecule has 0 atom stereocenters. The van der Waals surface area contributed by atoms with Gasteiger partial charge in [-0.25, -0.2) is 0 Å². The van der Waals surface area contributed by atoms with Crippen molar-refractivity contribution in [2.45, 2.75) is 13.3 Å². The molecule has 0 saturated heterocycles. The molecule has 0 saturated carbocycles. The van der Waals surface area contributed by atoms with Gasteiger partial charge in [-0.1, -0.05) is 41.1 Å². The molecule has 29 heavy (non-hydrogen) atoms. The molecule has 2 amide bonds. The molecule has 2 rings (SSSR count). The number of anilines is 1. The van der Waals surface area contributed by atoms with Crippen LogP contribution in [0.5, 0.6) is 5.75 Å². The van der Waals surface area contributed by atoms with Crippen molar-refractivity contribution in [3.05, 3.63) is 70.7 Å². The molecule has 6 nitrogen and oxygen atoms in total. The summed E-state index contributed by atoms with van der Waals surface area (Å²) < 4.78 is 6.39. The first kappa shape index (κ1) is 22.6. The van der Waals surface area contributed by atoms with Gasteiger partial charge < -0.3 is 15.4 Å². The van der Waals surface area contributed by atoms with Gasteiger partial charge >= 0.3 is 0 Å². The molecule has 0 aliphatic rings. The first-order chi connectivity index (χ1) is 14.0. The summed E-state index contributed by atoms with van der Waals surface area (Å²) in [5.41, 5.74) is 1.24. The number of ether oxygens (including phenoxy) is 1. The van der Waals surface area contributed by atoms with Crippen molar-refractivity contribution in [1.82, 2.24) is 10.6 Å². The molecular formula is C21H22BrN3O3S. The zero-order valence-electron chi connectivity index (χ0n) is 16.0. The summed E-state index contributed by atoms with van der Waals surface area (Å²) in [5, 5.41) is 8.32. The quantitative estimate of drug-likeness (QED) is 0.392. The van der Waals surface area contributed by atoms with E-state index in [1.54, 1.807) is 48.5 Å². The van der Waals surface area contributed by atoms with E-state index >= 15 is 0 Å². The van der Waals surface area contributed by atoms with Crippen molar-refractivity contribution in [1.29, 1.82) is 0 Å². The topological polar surface area (TPSA) is 79.5 Å². The van der Waals surface area contributed by atoms with E-state index in [0.29, 0.717) is 35.7 Å². The number of nitrogens with one attached hydrogen (secondary N) is 3. The fourth-order valence-corrected chi connectivity index (χ4v) is 2.96. The van der Waals surface area contributed by atoms with Crippen molar-refractivity contribution >= 4 is 50.8 Å². The second-order valence-corrected chi connectivity index (χ2v) is 7.27. The number of amides is 2. The summed E-state index contributed by atoms with van der Waals surface area (Å²) in [4.78, 5) is 25.0. The number of carbonyl (C=O) groups is 2. The van der Waals surface area contributed by atoms with Crippen molar-refractivity contribution in [3.8, 4) is 5.75 Å². The number of thiocarbonyl (C=S) groups is 1. The molecule has 2 aromatic rings. The Bertz CT molecular complexity index is 918. The highest BCUT2D eigenvalue weighted by atomic mass is 79.9. The maximum absolute atomic E-state index is 12.7. The van der Waals surface area contributed by atoms with Gasteiger partial charge in [-0.3, -0.25) is 14.9 Å². The first-order valence-corrected chi connectivity index (χ1v) is 10.2. The third-order valence-electron chi connectivity index (χ3n) is 3.70. The van der Waals surface area contributed by atoms with Crippen LogP contribution in [0.3, 0.4) is 0 Å². The van der Waals surface area contributed by atoms with Crippen LogP contribution in [0, 0.1) is 0 Å². The second kappa shape index (κ2) is 11.3. The fourth-order valence-electron chi connectivity index (χ4n) is 2.39. The maximum Gasteiger partial charge on any atom is 0.261 e. The molecule has 0 aliphatic carbocycles. The van der Waals surface area contributed by atoms with Gasteiger partial charge in [0.1, 0.15) is 5.75 Å². The van der Waals surface area contributed by atoms with Crippen molar-refractivity contribution in [3.63, 3.8) is 0 Å². The zero-order chi connectivity index (χ0) is 21.2. The predicted octanol–water partition coefficient (Wildman–Crippen LogP) is 4.28. The Labute approximate surface area is 183 Å². The third-order valence-corrected chi connectivity index (χ3v) is 4.40. The summed E-state index contributed by atoms with van der Waals surface area (Å²) in [7, 11) is 0. The van der Waals surface area contributed by atoms with Gasteiger partial charge in [0, 0.05) is 11.0 Å². The maximum atomic E-state index is 12.7. The second-order valence-electron chi connectivity index (χ2n) is 5.94. The van der Waals surface area contributed by atoms with Gasteiger partial charge in [-0.2, -0.15) is 0 Å². The van der Waals surface area contributed by atoms with Crippen LogP contribution >= 0.6 is 28.1 Å². The SMILES string of the molecule is C=CCNC(=O)c1ccccc1NC(=S)NC(=O)c1cc(Br)ccc1OCCC. The highest BCUT2D eigenvalue weighted by Crippen LogP contribution is 2.23. The van der Waals surface area contributed by atoms with Crippen molar-refractivity contribution in [2.24, 2.45) is 0 Å². The molecule has 0 bridgehead atoms. The Balaban J connectivity index is 2.12. The first-order valence-electron chi connectivity index (χ1n) is 8.99. The Kier molecular flexibility index (Phi) is 8.82. The van der Waals surface area contributed by atoms with Crippen molar-refractivity contribution < 1.29 is 14.3 Å². The number of halogens is 1. The molecule has 2 aromatic carbocycles.